The van der Waals surface area contributed by atoms with Crippen LogP contribution in [-0.2, 0) is 12.2 Å². The average molecular weight is 558 g/mol. The molecule has 0 radical (unpaired) electrons. The number of benzene rings is 3. The number of nitrogens with two attached hydrogens (primary N) is 2. The van der Waals surface area contributed by atoms with Gasteiger partial charge in [-0.1, -0.05) is 45.1 Å². The molecule has 8 nitrogen and oxygen atoms in total. The molecule has 1 heterocycles. The van der Waals surface area contributed by atoms with Gasteiger partial charge in [-0.05, 0) is 42.5 Å². The van der Waals surface area contributed by atoms with E-state index in [1.165, 1.54) is 51.9 Å². The first-order valence-corrected chi connectivity index (χ1v) is 11.9. The lowest BCUT2D eigenvalue weighted by Gasteiger charge is -2.11. The predicted octanol–water partition coefficient (Wildman–Crippen LogP) is 4.91. The monoisotopic (exact) mass is 557 g/mol. The normalized spacial score (nSPS) is 11.5. The third-order valence-electron chi connectivity index (χ3n) is 5.31. The molecule has 6 N–H and O–H groups in total. The molecule has 1 atom stereocenters. The highest BCUT2D eigenvalue weighted by molar-refractivity contribution is 7.17. The summed E-state index contributed by atoms with van der Waals surface area (Å²) in [5, 5.41) is 17.4. The quantitative estimate of drug-likeness (QED) is 0.151. The number of aromatic hydroxyl groups is 1. The van der Waals surface area contributed by atoms with Crippen molar-refractivity contribution in [3.8, 4) is 5.75 Å². The maximum absolute atomic E-state index is 13.4. The summed E-state index contributed by atoms with van der Waals surface area (Å²) in [5.74, 6) is -1.25. The Morgan fingerprint density at radius 3 is 2.42 bits per heavy atom. The molecule has 0 saturated heterocycles. The van der Waals surface area contributed by atoms with Crippen LogP contribution in [-0.4, -0.2) is 33.5 Å². The Balaban J connectivity index is 0.000000304. The number of nitrogens with one attached hydrogen (secondary N) is 1. The first-order chi connectivity index (χ1) is 17.9. The third-order valence-corrected chi connectivity index (χ3v) is 5.94. The van der Waals surface area contributed by atoms with E-state index in [0.717, 1.165) is 22.5 Å². The Kier molecular flexibility index (Phi) is 8.93. The van der Waals surface area contributed by atoms with Crippen LogP contribution in [0.3, 0.4) is 0 Å². The number of hydrogen-bond acceptors (Lipinski definition) is 4. The highest BCUT2D eigenvalue weighted by atomic mass is 35.5. The fraction of sp³-hybridized carbons (Fsp3) is 0.0769. The number of aliphatic imine (C=N–C) groups is 1. The second kappa shape index (κ2) is 11.9. The largest absolute Gasteiger partial charge is 0.506 e. The van der Waals surface area contributed by atoms with Crippen LogP contribution < -0.4 is 11.5 Å². The van der Waals surface area contributed by atoms with E-state index in [4.69, 9.17) is 33.6 Å². The Morgan fingerprint density at radius 2 is 1.79 bits per heavy atom. The van der Waals surface area contributed by atoms with E-state index in [1.807, 2.05) is 28.8 Å². The minimum absolute atomic E-state index is 0.0426. The number of rotatable bonds is 6. The van der Waals surface area contributed by atoms with E-state index < -0.39 is 17.5 Å². The number of hydrogen-bond donors (Lipinski definition) is 4. The summed E-state index contributed by atoms with van der Waals surface area (Å²) in [4.78, 5) is 26.6. The first-order valence-electron chi connectivity index (χ1n) is 10.9. The number of carbonyl (C=O) groups excluding carboxylic acids is 2. The van der Waals surface area contributed by atoms with Gasteiger partial charge in [0.2, 0.25) is 5.91 Å². The van der Waals surface area contributed by atoms with Crippen molar-refractivity contribution >= 4 is 55.6 Å². The van der Waals surface area contributed by atoms with Gasteiger partial charge in [0.1, 0.15) is 11.6 Å². The molecule has 0 aliphatic carbocycles. The molecule has 4 rings (SSSR count). The van der Waals surface area contributed by atoms with Crippen molar-refractivity contribution in [1.82, 2.24) is 4.57 Å². The summed E-state index contributed by atoms with van der Waals surface area (Å²) in [6.45, 7) is 0.163. The number of carbonyl (C=O) groups is 2. The SMILES string of the molecule is N=Cc1cccc2c1ccn2CC(N)=NC(=O)c1cccc(C(F)(F)P)c1.NC(=O)c1ccc(O)c(Cl)c1. The molecule has 0 saturated carbocycles. The topological polar surface area (TPSA) is 148 Å². The molecular weight excluding hydrogens is 535 g/mol. The van der Waals surface area contributed by atoms with Crippen LogP contribution in [0, 0.1) is 5.41 Å². The van der Waals surface area contributed by atoms with E-state index in [0.29, 0.717) is 0 Å². The van der Waals surface area contributed by atoms with Crippen molar-refractivity contribution in [2.24, 2.45) is 16.5 Å². The molecule has 0 aliphatic rings. The second-order valence-corrected chi connectivity index (χ2v) is 9.14. The number of primary amides is 1. The van der Waals surface area contributed by atoms with Gasteiger partial charge in [-0.3, -0.25) is 9.59 Å². The van der Waals surface area contributed by atoms with Crippen LogP contribution in [0.1, 0.15) is 31.8 Å². The Bertz CT molecular complexity index is 1550. The summed E-state index contributed by atoms with van der Waals surface area (Å²) in [6, 6.07) is 16.6. The number of halogens is 3. The van der Waals surface area contributed by atoms with E-state index in [9.17, 15) is 18.4 Å². The van der Waals surface area contributed by atoms with Crippen LogP contribution in [0.4, 0.5) is 8.78 Å². The molecule has 1 aromatic heterocycles. The third kappa shape index (κ3) is 7.00. The summed E-state index contributed by atoms with van der Waals surface area (Å²) < 4.78 is 28.6. The van der Waals surface area contributed by atoms with E-state index in [1.54, 1.807) is 6.20 Å². The maximum atomic E-state index is 13.4. The van der Waals surface area contributed by atoms with Crippen molar-refractivity contribution in [1.29, 1.82) is 5.41 Å². The number of amidine groups is 1. The Morgan fingerprint density at radius 1 is 1.08 bits per heavy atom. The smallest absolute Gasteiger partial charge is 0.283 e. The van der Waals surface area contributed by atoms with E-state index >= 15 is 0 Å². The van der Waals surface area contributed by atoms with Crippen LogP contribution in [0.5, 0.6) is 5.75 Å². The van der Waals surface area contributed by atoms with E-state index in [2.05, 4.69) is 4.99 Å². The number of aromatic nitrogens is 1. The zero-order chi connectivity index (χ0) is 28.0. The van der Waals surface area contributed by atoms with Gasteiger partial charge in [0.25, 0.3) is 11.6 Å². The lowest BCUT2D eigenvalue weighted by atomic mass is 10.1. The highest BCUT2D eigenvalue weighted by Gasteiger charge is 2.25. The number of alkyl halides is 2. The maximum Gasteiger partial charge on any atom is 0.283 e. The molecule has 12 heteroatoms. The Hall–Kier alpha value is -4.14. The highest BCUT2D eigenvalue weighted by Crippen LogP contribution is 2.35. The molecule has 3 aromatic carbocycles. The Labute approximate surface area is 223 Å². The van der Waals surface area contributed by atoms with Gasteiger partial charge in [-0.15, -0.1) is 0 Å². The molecule has 2 amide bonds. The van der Waals surface area contributed by atoms with Crippen molar-refractivity contribution in [3.63, 3.8) is 0 Å². The second-order valence-electron chi connectivity index (χ2n) is 8.01. The van der Waals surface area contributed by atoms with Crippen LogP contribution in [0.25, 0.3) is 10.9 Å². The molecule has 1 unspecified atom stereocenters. The molecule has 4 aromatic rings. The molecule has 0 fully saturated rings. The standard InChI is InChI=1S/C19H17F2N4OP.C7H6ClNO2/c20-19(21,27)14-5-1-3-12(9-14)18(26)24-17(23)11-25-8-7-15-13(10-22)4-2-6-16(15)25;8-5-3-4(7(9)11)1-2-6(5)10/h1-10,22H,11,27H2,(H2,23,24,26);1-3,10H,(H2,9,11). The summed E-state index contributed by atoms with van der Waals surface area (Å²) in [6.07, 6.45) is 3.06. The van der Waals surface area contributed by atoms with Crippen LogP contribution in [0.15, 0.2) is 77.9 Å². The van der Waals surface area contributed by atoms with Crippen LogP contribution in [0.2, 0.25) is 5.02 Å². The van der Waals surface area contributed by atoms with E-state index in [-0.39, 0.29) is 39.8 Å². The zero-order valence-electron chi connectivity index (χ0n) is 19.7. The van der Waals surface area contributed by atoms with Gasteiger partial charge < -0.3 is 26.6 Å². The van der Waals surface area contributed by atoms with Gasteiger partial charge in [-0.2, -0.15) is 13.8 Å². The van der Waals surface area contributed by atoms with Crippen molar-refractivity contribution in [2.45, 2.75) is 12.2 Å². The van der Waals surface area contributed by atoms with Crippen LogP contribution >= 0.6 is 20.8 Å². The van der Waals surface area contributed by atoms with Crippen molar-refractivity contribution < 1.29 is 23.5 Å². The average Bonchev–Trinajstić information content (AvgIpc) is 3.28. The molecule has 0 aliphatic heterocycles. The zero-order valence-corrected chi connectivity index (χ0v) is 21.6. The molecule has 38 heavy (non-hydrogen) atoms. The number of amides is 2. The molecule has 196 valence electrons. The number of phenols is 1. The summed E-state index contributed by atoms with van der Waals surface area (Å²) in [7, 11) is 1.44. The lowest BCUT2D eigenvalue weighted by Crippen LogP contribution is -2.21. The number of phenolic OH excluding ortho intramolecular Hbond substituents is 1. The van der Waals surface area contributed by atoms with Gasteiger partial charge in [0.05, 0.1) is 11.6 Å². The molecular formula is C26H23ClF2N5O3P. The van der Waals surface area contributed by atoms with Gasteiger partial charge in [0, 0.05) is 45.6 Å². The van der Waals surface area contributed by atoms with Crippen molar-refractivity contribution in [2.75, 3.05) is 0 Å². The summed E-state index contributed by atoms with van der Waals surface area (Å²) >= 11 is 5.50. The first kappa shape index (κ1) is 28.4. The fourth-order valence-corrected chi connectivity index (χ4v) is 3.80. The number of fused-ring (bicyclic) bond motifs is 1. The number of nitrogens with zero attached hydrogens (tertiary/aromatic N) is 2. The predicted molar refractivity (Wildman–Crippen MR) is 147 cm³/mol. The van der Waals surface area contributed by atoms with Crippen molar-refractivity contribution in [3.05, 3.63) is 100 Å². The fourth-order valence-electron chi connectivity index (χ4n) is 3.44. The van der Waals surface area contributed by atoms with Gasteiger partial charge in [-0.25, -0.2) is 0 Å². The molecule has 0 spiro atoms. The minimum atomic E-state index is -3.12. The molecule has 0 bridgehead atoms. The lowest BCUT2D eigenvalue weighted by molar-refractivity contribution is 0.0987. The van der Waals surface area contributed by atoms with Gasteiger partial charge >= 0.3 is 0 Å². The summed E-state index contributed by atoms with van der Waals surface area (Å²) in [5.41, 5.74) is 9.39. The minimum Gasteiger partial charge on any atom is -0.506 e. The van der Waals surface area contributed by atoms with Gasteiger partial charge in [0.15, 0.2) is 0 Å².